The van der Waals surface area contributed by atoms with Crippen LogP contribution >= 0.6 is 11.8 Å². The van der Waals surface area contributed by atoms with Crippen LogP contribution in [0, 0.1) is 34.0 Å². The van der Waals surface area contributed by atoms with E-state index in [0.29, 0.717) is 48.0 Å². The van der Waals surface area contributed by atoms with Gasteiger partial charge in [0.05, 0.1) is 5.41 Å². The Labute approximate surface area is 198 Å². The number of aliphatic hydroxyl groups excluding tert-OH is 1. The molecule has 4 nitrogen and oxygen atoms in total. The first-order valence-corrected chi connectivity index (χ1v) is 14.0. The first-order chi connectivity index (χ1) is 15.2. The fourth-order valence-electron chi connectivity index (χ4n) is 8.45. The summed E-state index contributed by atoms with van der Waals surface area (Å²) in [6, 6.07) is 0. The number of carboxylic acid groups (broad SMARTS) is 1. The number of carbonyl (C=O) groups is 2. The normalized spacial score (nSPS) is 43.2. The number of hydrogen-bond donors (Lipinski definition) is 2. The third-order valence-corrected chi connectivity index (χ3v) is 11.8. The van der Waals surface area contributed by atoms with Crippen molar-refractivity contribution in [2.75, 3.05) is 12.4 Å². The number of allylic oxidation sites excluding steroid dienone is 1. The van der Waals surface area contributed by atoms with Crippen LogP contribution in [0.5, 0.6) is 0 Å². The third-order valence-electron chi connectivity index (χ3n) is 10.4. The van der Waals surface area contributed by atoms with Crippen molar-refractivity contribution in [3.63, 3.8) is 0 Å². The molecule has 0 radical (unpaired) electrons. The van der Waals surface area contributed by atoms with E-state index in [4.69, 9.17) is 0 Å². The smallest absolute Gasteiger partial charge is 0.310 e. The van der Waals surface area contributed by atoms with Gasteiger partial charge in [0.25, 0.3) is 0 Å². The lowest BCUT2D eigenvalue weighted by Gasteiger charge is -2.61. The van der Waals surface area contributed by atoms with Crippen LogP contribution in [0.3, 0.4) is 0 Å². The van der Waals surface area contributed by atoms with E-state index < -0.39 is 11.4 Å². The predicted octanol–water partition coefficient (Wildman–Crippen LogP) is 5.87. The quantitative estimate of drug-likeness (QED) is 0.441. The van der Waals surface area contributed by atoms with E-state index in [2.05, 4.69) is 32.5 Å². The number of aliphatic hydroxyl groups is 1. The highest BCUT2D eigenvalue weighted by Crippen LogP contribution is 2.71. The molecule has 7 atom stereocenters. The molecule has 2 N–H and O–H groups in total. The number of ketones is 1. The molecule has 0 aliphatic heterocycles. The molecule has 1 unspecified atom stereocenters. The van der Waals surface area contributed by atoms with Crippen molar-refractivity contribution in [1.29, 1.82) is 0 Å². The number of carbonyl (C=O) groups excluding carboxylic acids is 1. The average Bonchev–Trinajstić information content (AvgIpc) is 3.06. The molecule has 0 bridgehead atoms. The summed E-state index contributed by atoms with van der Waals surface area (Å²) in [5.41, 5.74) is 0.414. The third kappa shape index (κ3) is 3.61. The van der Waals surface area contributed by atoms with Gasteiger partial charge in [-0.05, 0) is 91.8 Å². The molecule has 4 aliphatic carbocycles. The minimum Gasteiger partial charge on any atom is -0.481 e. The first-order valence-electron chi connectivity index (χ1n) is 12.9. The van der Waals surface area contributed by atoms with Gasteiger partial charge < -0.3 is 10.2 Å². The van der Waals surface area contributed by atoms with E-state index in [1.165, 1.54) is 24.8 Å². The van der Waals surface area contributed by atoms with Crippen LogP contribution in [0.15, 0.2) is 11.6 Å². The lowest BCUT2D eigenvalue weighted by atomic mass is 9.45. The molecular formula is C27H42O4S. The van der Waals surface area contributed by atoms with Crippen LogP contribution < -0.4 is 0 Å². The second-order valence-electron chi connectivity index (χ2n) is 11.5. The zero-order chi connectivity index (χ0) is 23.1. The number of hydrogen-bond acceptors (Lipinski definition) is 4. The number of aliphatic carboxylic acids is 1. The Balaban J connectivity index is 1.70. The van der Waals surface area contributed by atoms with E-state index in [0.717, 1.165) is 37.9 Å². The Kier molecular flexibility index (Phi) is 6.91. The van der Waals surface area contributed by atoms with Crippen LogP contribution in [-0.4, -0.2) is 39.6 Å². The molecule has 0 aromatic heterocycles. The van der Waals surface area contributed by atoms with E-state index in [1.807, 2.05) is 6.08 Å². The number of thioether (sulfide) groups is 1. The van der Waals surface area contributed by atoms with Crippen molar-refractivity contribution in [1.82, 2.24) is 0 Å². The van der Waals surface area contributed by atoms with Crippen molar-refractivity contribution in [3.05, 3.63) is 11.6 Å². The maximum absolute atomic E-state index is 12.6. The van der Waals surface area contributed by atoms with Gasteiger partial charge in [0.1, 0.15) is 0 Å². The maximum Gasteiger partial charge on any atom is 0.310 e. The van der Waals surface area contributed by atoms with Crippen LogP contribution in [0.25, 0.3) is 0 Å². The summed E-state index contributed by atoms with van der Waals surface area (Å²) in [4.78, 5) is 24.9. The lowest BCUT2D eigenvalue weighted by Crippen LogP contribution is -2.57. The maximum atomic E-state index is 12.6. The summed E-state index contributed by atoms with van der Waals surface area (Å²) in [7, 11) is 0. The molecule has 4 aliphatic rings. The van der Waals surface area contributed by atoms with Crippen LogP contribution in [0.1, 0.15) is 91.4 Å². The highest BCUT2D eigenvalue weighted by molar-refractivity contribution is 7.99. The Hall–Kier alpha value is -0.810. The molecule has 3 fully saturated rings. The zero-order valence-corrected chi connectivity index (χ0v) is 21.0. The fraction of sp³-hybridized carbons (Fsp3) is 0.852. The minimum atomic E-state index is -0.797. The van der Waals surface area contributed by atoms with Gasteiger partial charge >= 0.3 is 5.97 Å². The fourth-order valence-corrected chi connectivity index (χ4v) is 10.0. The Morgan fingerprint density at radius 3 is 2.59 bits per heavy atom. The van der Waals surface area contributed by atoms with Crippen molar-refractivity contribution >= 4 is 23.5 Å². The summed E-state index contributed by atoms with van der Waals surface area (Å²) in [6.45, 7) is 6.83. The van der Waals surface area contributed by atoms with E-state index in [1.54, 1.807) is 0 Å². The van der Waals surface area contributed by atoms with Gasteiger partial charge in [-0.25, -0.2) is 0 Å². The van der Waals surface area contributed by atoms with Crippen LogP contribution in [0.4, 0.5) is 0 Å². The van der Waals surface area contributed by atoms with Gasteiger partial charge in [-0.1, -0.05) is 39.2 Å². The minimum absolute atomic E-state index is 0.0510. The summed E-state index contributed by atoms with van der Waals surface area (Å²) in [6.07, 6.45) is 12.3. The Morgan fingerprint density at radius 2 is 1.91 bits per heavy atom. The molecule has 0 heterocycles. The lowest BCUT2D eigenvalue weighted by molar-refractivity contribution is -0.165. The van der Waals surface area contributed by atoms with Crippen molar-refractivity contribution in [2.45, 2.75) is 96.7 Å². The number of carboxylic acids is 1. The molecule has 3 saturated carbocycles. The highest BCUT2D eigenvalue weighted by atomic mass is 32.2. The summed E-state index contributed by atoms with van der Waals surface area (Å²) >= 11 is 2.10. The van der Waals surface area contributed by atoms with Gasteiger partial charge in [-0.15, -0.1) is 0 Å². The van der Waals surface area contributed by atoms with Crippen molar-refractivity contribution in [3.8, 4) is 0 Å². The zero-order valence-electron chi connectivity index (χ0n) is 20.2. The van der Waals surface area contributed by atoms with Gasteiger partial charge in [0.2, 0.25) is 0 Å². The first kappa shape index (κ1) is 24.3. The van der Waals surface area contributed by atoms with Crippen LogP contribution in [0.2, 0.25) is 0 Å². The average molecular weight is 463 g/mol. The molecule has 4 rings (SSSR count). The van der Waals surface area contributed by atoms with Gasteiger partial charge in [-0.3, -0.25) is 9.59 Å². The second kappa shape index (κ2) is 9.09. The number of rotatable bonds is 8. The van der Waals surface area contributed by atoms with E-state index in [-0.39, 0.29) is 17.4 Å². The molecule has 180 valence electrons. The Bertz CT molecular complexity index is 778. The summed E-state index contributed by atoms with van der Waals surface area (Å²) < 4.78 is 0. The number of unbranched alkanes of at least 4 members (excludes halogenated alkanes) is 2. The molecule has 32 heavy (non-hydrogen) atoms. The van der Waals surface area contributed by atoms with Gasteiger partial charge in [0, 0.05) is 18.3 Å². The predicted molar refractivity (Wildman–Crippen MR) is 130 cm³/mol. The topological polar surface area (TPSA) is 74.6 Å². The van der Waals surface area contributed by atoms with E-state index >= 15 is 0 Å². The molecular weight excluding hydrogens is 420 g/mol. The Morgan fingerprint density at radius 1 is 1.16 bits per heavy atom. The van der Waals surface area contributed by atoms with Crippen molar-refractivity contribution in [2.24, 2.45) is 34.0 Å². The molecule has 5 heteroatoms. The molecule has 0 amide bonds. The van der Waals surface area contributed by atoms with Crippen molar-refractivity contribution < 1.29 is 19.8 Å². The molecule has 0 spiro atoms. The SMILES string of the molecule is CCCCCSC1CC2=CC(=O)CC[C@]2(C)[C@H]2CC[C@@]3(C)[C@@H](CC[C@@]3(CCO)C(=O)O)[C@H]12. The van der Waals surface area contributed by atoms with Gasteiger partial charge in [0.15, 0.2) is 5.78 Å². The summed E-state index contributed by atoms with van der Waals surface area (Å²) in [5, 5.41) is 20.7. The second-order valence-corrected chi connectivity index (χ2v) is 12.9. The van der Waals surface area contributed by atoms with E-state index in [9.17, 15) is 19.8 Å². The standard InChI is InChI=1S/C27H42O4S/c1-4-5-6-15-32-22-17-18-16-19(29)7-10-25(18,2)20-8-11-26(3)21(23(20)22)9-12-27(26,13-14-28)24(30)31/h16,20-23,28H,4-15,17H2,1-3H3,(H,30,31)/t20-,21-,22?,23+,25-,26-,27+/m0/s1. The number of fused-ring (bicyclic) bond motifs is 5. The molecule has 0 aromatic rings. The van der Waals surface area contributed by atoms with Crippen LogP contribution in [-0.2, 0) is 9.59 Å². The highest BCUT2D eigenvalue weighted by Gasteiger charge is 2.67. The molecule has 0 saturated heterocycles. The molecule has 0 aromatic carbocycles. The van der Waals surface area contributed by atoms with Gasteiger partial charge in [-0.2, -0.15) is 11.8 Å². The summed E-state index contributed by atoms with van der Waals surface area (Å²) in [5.74, 6) is 2.19. The monoisotopic (exact) mass is 462 g/mol. The largest absolute Gasteiger partial charge is 0.481 e.